The van der Waals surface area contributed by atoms with Crippen LogP contribution in [0.5, 0.6) is 5.75 Å². The number of hydrogen-bond donors (Lipinski definition) is 0. The van der Waals surface area contributed by atoms with E-state index in [1.165, 1.54) is 6.42 Å². The van der Waals surface area contributed by atoms with Gasteiger partial charge in [-0.2, -0.15) is 0 Å². The van der Waals surface area contributed by atoms with Crippen molar-refractivity contribution in [2.75, 3.05) is 13.1 Å². The first-order valence-corrected chi connectivity index (χ1v) is 7.93. The van der Waals surface area contributed by atoms with E-state index < -0.39 is 0 Å². The molecule has 1 aromatic heterocycles. The fraction of sp³-hybridized carbons (Fsp3) is 0.600. The summed E-state index contributed by atoms with van der Waals surface area (Å²) < 4.78 is 6.82. The van der Waals surface area contributed by atoms with E-state index in [-0.39, 0.29) is 11.5 Å². The summed E-state index contributed by atoms with van der Waals surface area (Å²) in [6.45, 7) is 3.59. The minimum atomic E-state index is -0.105. The number of ether oxygens (including phenoxy) is 1. The van der Waals surface area contributed by atoms with Crippen molar-refractivity contribution in [3.63, 3.8) is 0 Å². The van der Waals surface area contributed by atoms with Gasteiger partial charge in [0.05, 0.1) is 12.7 Å². The van der Waals surface area contributed by atoms with Crippen LogP contribution in [0.2, 0.25) is 0 Å². The highest BCUT2D eigenvalue weighted by Crippen LogP contribution is 2.42. The smallest absolute Gasteiger partial charge is 0.228 e. The summed E-state index contributed by atoms with van der Waals surface area (Å²) in [5, 5.41) is 0. The van der Waals surface area contributed by atoms with E-state index >= 15 is 0 Å². The number of nitrogens with zero attached hydrogens (tertiary/aromatic N) is 2. The Morgan fingerprint density at radius 3 is 2.95 bits per heavy atom. The summed E-state index contributed by atoms with van der Waals surface area (Å²) in [5.41, 5.74) is -0.105. The Kier molecular flexibility index (Phi) is 3.71. The molecule has 0 radical (unpaired) electrons. The zero-order chi connectivity index (χ0) is 14.2. The first-order chi connectivity index (χ1) is 9.57. The molecular weight excluding hydrogens is 320 g/mol. The normalized spacial score (nSPS) is 24.3. The zero-order valence-corrected chi connectivity index (χ0v) is 13.2. The van der Waals surface area contributed by atoms with Gasteiger partial charge in [0.2, 0.25) is 5.91 Å². The number of carbonyl (C=O) groups excluding carboxylic acids is 1. The fourth-order valence-electron chi connectivity index (χ4n) is 2.96. The molecule has 1 atom stereocenters. The van der Waals surface area contributed by atoms with Gasteiger partial charge in [0.25, 0.3) is 0 Å². The number of pyridine rings is 1. The number of likely N-dealkylation sites (tertiary alicyclic amines) is 1. The van der Waals surface area contributed by atoms with Crippen molar-refractivity contribution in [2.24, 2.45) is 5.41 Å². The Morgan fingerprint density at radius 1 is 1.50 bits per heavy atom. The molecular formula is C15H19BrN2O2. The molecule has 0 N–H and O–H groups in total. The monoisotopic (exact) mass is 338 g/mol. The molecule has 2 aliphatic rings. The highest BCUT2D eigenvalue weighted by molar-refractivity contribution is 9.10. The van der Waals surface area contributed by atoms with E-state index in [1.54, 1.807) is 12.4 Å². The minimum Gasteiger partial charge on any atom is -0.487 e. The SMILES string of the molecule is CC1(C(=O)N2CCC(Oc3cncc(Br)c3)C2)CCC1. The standard InChI is InChI=1S/C15H19BrN2O2/c1-15(4-2-5-15)14(19)18-6-3-12(10-18)20-13-7-11(16)8-17-9-13/h7-9,12H,2-6,10H2,1H3. The first kappa shape index (κ1) is 13.9. The van der Waals surface area contributed by atoms with E-state index in [0.717, 1.165) is 36.0 Å². The van der Waals surface area contributed by atoms with Crippen LogP contribution in [0.25, 0.3) is 0 Å². The largest absolute Gasteiger partial charge is 0.487 e. The average Bonchev–Trinajstić information content (AvgIpc) is 2.83. The lowest BCUT2D eigenvalue weighted by Crippen LogP contribution is -2.45. The van der Waals surface area contributed by atoms with Crippen molar-refractivity contribution in [1.29, 1.82) is 0 Å². The van der Waals surface area contributed by atoms with Gasteiger partial charge in [-0.3, -0.25) is 9.78 Å². The maximum atomic E-state index is 12.5. The molecule has 20 heavy (non-hydrogen) atoms. The highest BCUT2D eigenvalue weighted by atomic mass is 79.9. The van der Waals surface area contributed by atoms with Crippen molar-refractivity contribution < 1.29 is 9.53 Å². The quantitative estimate of drug-likeness (QED) is 0.850. The van der Waals surface area contributed by atoms with E-state index in [2.05, 4.69) is 27.8 Å². The summed E-state index contributed by atoms with van der Waals surface area (Å²) >= 11 is 3.38. The Balaban J connectivity index is 1.58. The molecule has 4 nitrogen and oxygen atoms in total. The lowest BCUT2D eigenvalue weighted by atomic mass is 9.69. The van der Waals surface area contributed by atoms with Gasteiger partial charge in [-0.25, -0.2) is 0 Å². The number of hydrogen-bond acceptors (Lipinski definition) is 3. The van der Waals surface area contributed by atoms with Crippen LogP contribution in [0, 0.1) is 5.41 Å². The molecule has 1 aromatic rings. The van der Waals surface area contributed by atoms with Crippen molar-refractivity contribution in [1.82, 2.24) is 9.88 Å². The topological polar surface area (TPSA) is 42.4 Å². The third kappa shape index (κ3) is 2.68. The molecule has 1 saturated carbocycles. The summed E-state index contributed by atoms with van der Waals surface area (Å²) in [7, 11) is 0. The van der Waals surface area contributed by atoms with Gasteiger partial charge in [0, 0.05) is 29.1 Å². The van der Waals surface area contributed by atoms with Gasteiger partial charge in [0.15, 0.2) is 0 Å². The van der Waals surface area contributed by atoms with E-state index in [0.29, 0.717) is 12.5 Å². The lowest BCUT2D eigenvalue weighted by Gasteiger charge is -2.39. The predicted molar refractivity (Wildman–Crippen MR) is 79.5 cm³/mol. The summed E-state index contributed by atoms with van der Waals surface area (Å²) in [6, 6.07) is 1.91. The molecule has 2 heterocycles. The van der Waals surface area contributed by atoms with Crippen molar-refractivity contribution in [3.05, 3.63) is 22.9 Å². The molecule has 2 fully saturated rings. The number of rotatable bonds is 3. The van der Waals surface area contributed by atoms with Crippen molar-refractivity contribution >= 4 is 21.8 Å². The molecule has 1 amide bonds. The molecule has 1 aliphatic carbocycles. The fourth-order valence-corrected chi connectivity index (χ4v) is 3.30. The summed E-state index contributed by atoms with van der Waals surface area (Å²) in [4.78, 5) is 18.5. The first-order valence-electron chi connectivity index (χ1n) is 7.13. The van der Waals surface area contributed by atoms with Gasteiger partial charge < -0.3 is 9.64 Å². The number of carbonyl (C=O) groups is 1. The molecule has 1 aliphatic heterocycles. The maximum absolute atomic E-state index is 12.5. The number of aromatic nitrogens is 1. The van der Waals surface area contributed by atoms with Crippen LogP contribution >= 0.6 is 15.9 Å². The summed E-state index contributed by atoms with van der Waals surface area (Å²) in [6.07, 6.45) is 7.66. The third-order valence-corrected chi connectivity index (χ3v) is 4.82. The van der Waals surface area contributed by atoms with E-state index in [4.69, 9.17) is 4.74 Å². The number of amides is 1. The van der Waals surface area contributed by atoms with E-state index in [1.807, 2.05) is 11.0 Å². The molecule has 1 saturated heterocycles. The third-order valence-electron chi connectivity index (χ3n) is 4.39. The van der Waals surface area contributed by atoms with Crippen LogP contribution < -0.4 is 4.74 Å². The number of halogens is 1. The van der Waals surface area contributed by atoms with Crippen LogP contribution in [0.1, 0.15) is 32.6 Å². The Hall–Kier alpha value is -1.10. The van der Waals surface area contributed by atoms with Gasteiger partial charge in [-0.05, 0) is 34.8 Å². The average molecular weight is 339 g/mol. The molecule has 1 unspecified atom stereocenters. The highest BCUT2D eigenvalue weighted by Gasteiger charge is 2.43. The maximum Gasteiger partial charge on any atom is 0.228 e. The molecule has 0 spiro atoms. The second-order valence-electron chi connectivity index (χ2n) is 6.03. The Morgan fingerprint density at radius 2 is 2.30 bits per heavy atom. The van der Waals surface area contributed by atoms with Crippen molar-refractivity contribution in [3.8, 4) is 5.75 Å². The lowest BCUT2D eigenvalue weighted by molar-refractivity contribution is -0.145. The Labute approximate surface area is 127 Å². The van der Waals surface area contributed by atoms with Crippen LogP contribution in [0.4, 0.5) is 0 Å². The van der Waals surface area contributed by atoms with Gasteiger partial charge >= 0.3 is 0 Å². The molecule has 5 heteroatoms. The summed E-state index contributed by atoms with van der Waals surface area (Å²) in [5.74, 6) is 1.07. The predicted octanol–water partition coefficient (Wildman–Crippen LogP) is 3.01. The zero-order valence-electron chi connectivity index (χ0n) is 11.6. The van der Waals surface area contributed by atoms with E-state index in [9.17, 15) is 4.79 Å². The second kappa shape index (κ2) is 5.35. The minimum absolute atomic E-state index is 0.0822. The van der Waals surface area contributed by atoms with Crippen LogP contribution in [-0.4, -0.2) is 35.0 Å². The van der Waals surface area contributed by atoms with Crippen molar-refractivity contribution in [2.45, 2.75) is 38.7 Å². The van der Waals surface area contributed by atoms with Gasteiger partial charge in [-0.1, -0.05) is 13.3 Å². The molecule has 0 aromatic carbocycles. The van der Waals surface area contributed by atoms with Gasteiger partial charge in [0.1, 0.15) is 11.9 Å². The molecule has 3 rings (SSSR count). The van der Waals surface area contributed by atoms with Crippen LogP contribution in [0.3, 0.4) is 0 Å². The van der Waals surface area contributed by atoms with Gasteiger partial charge in [-0.15, -0.1) is 0 Å². The Bertz CT molecular complexity index is 516. The molecule has 108 valence electrons. The van der Waals surface area contributed by atoms with Crippen LogP contribution in [0.15, 0.2) is 22.9 Å². The second-order valence-corrected chi connectivity index (χ2v) is 6.95. The van der Waals surface area contributed by atoms with Crippen LogP contribution in [-0.2, 0) is 4.79 Å². The molecule has 0 bridgehead atoms.